The fourth-order valence-corrected chi connectivity index (χ4v) is 2.06. The lowest BCUT2D eigenvalue weighted by Gasteiger charge is -2.09. The fourth-order valence-electron chi connectivity index (χ4n) is 2.06. The molecule has 0 fully saturated rings. The first kappa shape index (κ1) is 14.1. The van der Waals surface area contributed by atoms with Gasteiger partial charge in [-0.1, -0.05) is 30.3 Å². The van der Waals surface area contributed by atoms with Gasteiger partial charge in [0.05, 0.1) is 6.42 Å². The van der Waals surface area contributed by atoms with Crippen molar-refractivity contribution >= 4 is 11.6 Å². The number of anilines is 1. The quantitative estimate of drug-likeness (QED) is 0.876. The van der Waals surface area contributed by atoms with Crippen LogP contribution in [0.15, 0.2) is 42.5 Å². The van der Waals surface area contributed by atoms with E-state index in [-0.39, 0.29) is 12.3 Å². The van der Waals surface area contributed by atoms with Crippen LogP contribution in [0.2, 0.25) is 0 Å². The molecule has 2 aromatic rings. The van der Waals surface area contributed by atoms with Crippen LogP contribution >= 0.6 is 0 Å². The minimum Gasteiger partial charge on any atom is -0.381 e. The third-order valence-electron chi connectivity index (χ3n) is 3.40. The molecular weight excluding hydrogens is 248 g/mol. The number of amides is 1. The Morgan fingerprint density at radius 1 is 1.00 bits per heavy atom. The minimum atomic E-state index is -0.305. The van der Waals surface area contributed by atoms with Gasteiger partial charge in [0.15, 0.2) is 0 Å². The van der Waals surface area contributed by atoms with Crippen molar-refractivity contribution in [2.75, 3.05) is 5.32 Å². The molecule has 0 aliphatic rings. The van der Waals surface area contributed by atoms with Crippen LogP contribution in [0, 0.1) is 13.8 Å². The Kier molecular flexibility index (Phi) is 4.41. The van der Waals surface area contributed by atoms with E-state index in [2.05, 4.69) is 37.4 Å². The molecule has 1 amide bonds. The van der Waals surface area contributed by atoms with Crippen LogP contribution in [-0.2, 0) is 17.8 Å². The highest BCUT2D eigenvalue weighted by atomic mass is 16.1. The molecule has 0 atom stereocenters. The van der Waals surface area contributed by atoms with Crippen molar-refractivity contribution in [3.05, 3.63) is 64.7 Å². The maximum Gasteiger partial charge on any atom is 0.221 e. The molecule has 0 spiro atoms. The molecule has 0 heterocycles. The van der Waals surface area contributed by atoms with Gasteiger partial charge in [-0.2, -0.15) is 0 Å². The van der Waals surface area contributed by atoms with E-state index in [9.17, 15) is 4.79 Å². The molecule has 0 aromatic heterocycles. The number of hydrogen-bond acceptors (Lipinski definition) is 2. The molecule has 3 nitrogen and oxygen atoms in total. The smallest absolute Gasteiger partial charge is 0.221 e. The van der Waals surface area contributed by atoms with Gasteiger partial charge in [-0.25, -0.2) is 0 Å². The van der Waals surface area contributed by atoms with Crippen LogP contribution in [0.25, 0.3) is 0 Å². The molecule has 3 heteroatoms. The summed E-state index contributed by atoms with van der Waals surface area (Å²) >= 11 is 0. The average molecular weight is 268 g/mol. The van der Waals surface area contributed by atoms with Crippen LogP contribution in [0.5, 0.6) is 0 Å². The van der Waals surface area contributed by atoms with Crippen molar-refractivity contribution in [3.8, 4) is 0 Å². The summed E-state index contributed by atoms with van der Waals surface area (Å²) in [5.74, 6) is -0.305. The third-order valence-corrected chi connectivity index (χ3v) is 3.40. The lowest BCUT2D eigenvalue weighted by molar-refractivity contribution is -0.117. The summed E-state index contributed by atoms with van der Waals surface area (Å²) in [6.07, 6.45) is 0.289. The van der Waals surface area contributed by atoms with E-state index in [1.165, 1.54) is 16.7 Å². The predicted octanol–water partition coefficient (Wildman–Crippen LogP) is 2.94. The van der Waals surface area contributed by atoms with Crippen LogP contribution in [0.1, 0.15) is 22.3 Å². The molecular formula is C17H20N2O. The van der Waals surface area contributed by atoms with Gasteiger partial charge in [0.1, 0.15) is 0 Å². The number of carbonyl (C=O) groups excluding carboxylic acids is 1. The highest BCUT2D eigenvalue weighted by molar-refractivity contribution is 5.76. The second-order valence-corrected chi connectivity index (χ2v) is 5.11. The molecule has 3 N–H and O–H groups in total. The number of benzene rings is 2. The minimum absolute atomic E-state index is 0.289. The largest absolute Gasteiger partial charge is 0.381 e. The number of hydrogen-bond donors (Lipinski definition) is 2. The number of carbonyl (C=O) groups is 1. The number of nitrogens with one attached hydrogen (secondary N) is 1. The number of nitrogens with two attached hydrogens (primary N) is 1. The van der Waals surface area contributed by atoms with Crippen molar-refractivity contribution in [1.29, 1.82) is 0 Å². The maximum absolute atomic E-state index is 10.8. The monoisotopic (exact) mass is 268 g/mol. The summed E-state index contributed by atoms with van der Waals surface area (Å²) in [4.78, 5) is 10.8. The van der Waals surface area contributed by atoms with E-state index in [4.69, 9.17) is 5.73 Å². The van der Waals surface area contributed by atoms with Crippen molar-refractivity contribution < 1.29 is 4.79 Å². The summed E-state index contributed by atoms with van der Waals surface area (Å²) in [5, 5.41) is 3.37. The summed E-state index contributed by atoms with van der Waals surface area (Å²) in [7, 11) is 0. The first-order chi connectivity index (χ1) is 9.54. The van der Waals surface area contributed by atoms with Crippen molar-refractivity contribution in [2.45, 2.75) is 26.8 Å². The van der Waals surface area contributed by atoms with Crippen LogP contribution < -0.4 is 11.1 Å². The predicted molar refractivity (Wildman–Crippen MR) is 82.6 cm³/mol. The molecule has 20 heavy (non-hydrogen) atoms. The van der Waals surface area contributed by atoms with E-state index in [1.54, 1.807) is 0 Å². The van der Waals surface area contributed by atoms with Crippen molar-refractivity contribution in [1.82, 2.24) is 0 Å². The second kappa shape index (κ2) is 6.24. The van der Waals surface area contributed by atoms with Gasteiger partial charge in [-0.3, -0.25) is 4.79 Å². The molecule has 0 aliphatic carbocycles. The summed E-state index contributed by atoms with van der Waals surface area (Å²) in [5.41, 5.74) is 11.0. The van der Waals surface area contributed by atoms with Crippen LogP contribution in [0.3, 0.4) is 0 Å². The molecule has 0 saturated heterocycles. The normalized spacial score (nSPS) is 10.3. The Morgan fingerprint density at radius 3 is 2.25 bits per heavy atom. The fraction of sp³-hybridized carbons (Fsp3) is 0.235. The summed E-state index contributed by atoms with van der Waals surface area (Å²) in [6.45, 7) is 5.03. The van der Waals surface area contributed by atoms with Gasteiger partial charge < -0.3 is 11.1 Å². The zero-order valence-electron chi connectivity index (χ0n) is 11.9. The Morgan fingerprint density at radius 2 is 1.65 bits per heavy atom. The molecule has 0 bridgehead atoms. The Labute approximate surface area is 119 Å². The highest BCUT2D eigenvalue weighted by Gasteiger charge is 2.00. The molecule has 0 saturated carbocycles. The van der Waals surface area contributed by atoms with E-state index >= 15 is 0 Å². The standard InChI is InChI=1S/C17H20N2O/c1-12-3-4-15(9-13(12)2)11-19-16-7-5-14(6-8-16)10-17(18)20/h3-9,19H,10-11H2,1-2H3,(H2,18,20). The molecule has 0 radical (unpaired) electrons. The highest BCUT2D eigenvalue weighted by Crippen LogP contribution is 2.14. The Hall–Kier alpha value is -2.29. The SMILES string of the molecule is Cc1ccc(CNc2ccc(CC(N)=O)cc2)cc1C. The first-order valence-electron chi connectivity index (χ1n) is 6.72. The van der Waals surface area contributed by atoms with Gasteiger partial charge >= 0.3 is 0 Å². The van der Waals surface area contributed by atoms with E-state index in [0.29, 0.717) is 0 Å². The van der Waals surface area contributed by atoms with Crippen LogP contribution in [0.4, 0.5) is 5.69 Å². The van der Waals surface area contributed by atoms with Gasteiger partial charge in [0.25, 0.3) is 0 Å². The third kappa shape index (κ3) is 3.85. The van der Waals surface area contributed by atoms with E-state index in [0.717, 1.165) is 17.8 Å². The van der Waals surface area contributed by atoms with Crippen molar-refractivity contribution in [3.63, 3.8) is 0 Å². The van der Waals surface area contributed by atoms with Gasteiger partial charge in [-0.15, -0.1) is 0 Å². The summed E-state index contributed by atoms with van der Waals surface area (Å²) in [6, 6.07) is 14.3. The van der Waals surface area contributed by atoms with E-state index < -0.39 is 0 Å². The zero-order valence-corrected chi connectivity index (χ0v) is 11.9. The Bertz CT molecular complexity index is 603. The number of aryl methyl sites for hydroxylation is 2. The molecule has 2 aromatic carbocycles. The first-order valence-corrected chi connectivity index (χ1v) is 6.72. The summed E-state index contributed by atoms with van der Waals surface area (Å²) < 4.78 is 0. The van der Waals surface area contributed by atoms with E-state index in [1.807, 2.05) is 24.3 Å². The second-order valence-electron chi connectivity index (χ2n) is 5.11. The van der Waals surface area contributed by atoms with Gasteiger partial charge in [-0.05, 0) is 48.2 Å². The topological polar surface area (TPSA) is 55.1 Å². The van der Waals surface area contributed by atoms with Gasteiger partial charge in [0.2, 0.25) is 5.91 Å². The maximum atomic E-state index is 10.8. The average Bonchev–Trinajstić information content (AvgIpc) is 2.41. The molecule has 0 unspecified atom stereocenters. The molecule has 104 valence electrons. The Balaban J connectivity index is 1.96. The zero-order chi connectivity index (χ0) is 14.5. The van der Waals surface area contributed by atoms with Crippen LogP contribution in [-0.4, -0.2) is 5.91 Å². The number of rotatable bonds is 5. The lowest BCUT2D eigenvalue weighted by atomic mass is 10.1. The molecule has 2 rings (SSSR count). The number of primary amides is 1. The van der Waals surface area contributed by atoms with Crippen molar-refractivity contribution in [2.24, 2.45) is 5.73 Å². The molecule has 0 aliphatic heterocycles. The lowest BCUT2D eigenvalue weighted by Crippen LogP contribution is -2.13. The van der Waals surface area contributed by atoms with Gasteiger partial charge in [0, 0.05) is 12.2 Å².